The monoisotopic (exact) mass is 398 g/mol. The van der Waals surface area contributed by atoms with Crippen molar-refractivity contribution >= 4 is 5.97 Å². The Morgan fingerprint density at radius 2 is 1.93 bits per heavy atom. The third-order valence-corrected chi connectivity index (χ3v) is 5.88. The van der Waals surface area contributed by atoms with Crippen LogP contribution in [0.25, 0.3) is 0 Å². The zero-order chi connectivity index (χ0) is 20.9. The van der Waals surface area contributed by atoms with Crippen molar-refractivity contribution in [3.63, 3.8) is 0 Å². The zero-order valence-electron chi connectivity index (χ0n) is 17.2. The number of halogens is 3. The van der Waals surface area contributed by atoms with Gasteiger partial charge >= 0.3 is 5.97 Å². The fourth-order valence-corrected chi connectivity index (χ4v) is 4.29. The van der Waals surface area contributed by atoms with Crippen molar-refractivity contribution < 1.29 is 27.4 Å². The minimum absolute atomic E-state index is 0.0730. The second-order valence-corrected chi connectivity index (χ2v) is 9.39. The molecule has 0 saturated heterocycles. The van der Waals surface area contributed by atoms with E-state index in [0.29, 0.717) is 18.4 Å². The van der Waals surface area contributed by atoms with Gasteiger partial charge in [-0.25, -0.2) is 18.0 Å². The summed E-state index contributed by atoms with van der Waals surface area (Å²) in [6.45, 7) is 8.76. The Bertz CT molecular complexity index is 767. The minimum Gasteiger partial charge on any atom is -0.492 e. The van der Waals surface area contributed by atoms with Crippen molar-refractivity contribution in [3.05, 3.63) is 29.1 Å². The van der Waals surface area contributed by atoms with Gasteiger partial charge in [0.15, 0.2) is 0 Å². The summed E-state index contributed by atoms with van der Waals surface area (Å²) in [4.78, 5) is 12.3. The molecule has 6 heteroatoms. The van der Waals surface area contributed by atoms with Crippen LogP contribution in [0.2, 0.25) is 0 Å². The van der Waals surface area contributed by atoms with E-state index in [2.05, 4.69) is 0 Å². The average Bonchev–Trinajstić information content (AvgIpc) is 3.07. The summed E-state index contributed by atoms with van der Waals surface area (Å²) in [5, 5.41) is 0. The number of rotatable bonds is 5. The van der Waals surface area contributed by atoms with Crippen LogP contribution in [0.15, 0.2) is 12.1 Å². The Hall–Kier alpha value is -1.72. The molecule has 3 nitrogen and oxygen atoms in total. The smallest absolute Gasteiger partial charge is 0.341 e. The standard InChI is InChI=1S/C22H29F3O3/c1-13(2)14-10-15(19(26)28-20(3,4)5)16(23)11-17(14)27-12-21-9-7-6-8-18(21)22(21,24)25/h10-11,13,18H,6-9,12H2,1-5H3. The Balaban J connectivity index is 1.84. The Kier molecular flexibility index (Phi) is 5.22. The first-order chi connectivity index (χ1) is 12.9. The highest BCUT2D eigenvalue weighted by molar-refractivity contribution is 5.90. The molecular weight excluding hydrogens is 369 g/mol. The number of esters is 1. The zero-order valence-corrected chi connectivity index (χ0v) is 17.2. The third kappa shape index (κ3) is 3.62. The van der Waals surface area contributed by atoms with Gasteiger partial charge in [0.1, 0.15) is 23.8 Å². The van der Waals surface area contributed by atoms with Crippen LogP contribution in [0, 0.1) is 17.2 Å². The fraction of sp³-hybridized carbons (Fsp3) is 0.682. The Morgan fingerprint density at radius 3 is 2.50 bits per heavy atom. The fourth-order valence-electron chi connectivity index (χ4n) is 4.29. The maximum absolute atomic E-state index is 14.6. The molecule has 28 heavy (non-hydrogen) atoms. The molecule has 0 amide bonds. The van der Waals surface area contributed by atoms with Crippen LogP contribution >= 0.6 is 0 Å². The molecular formula is C22H29F3O3. The quantitative estimate of drug-likeness (QED) is 0.562. The third-order valence-electron chi connectivity index (χ3n) is 5.88. The molecule has 0 aliphatic heterocycles. The van der Waals surface area contributed by atoms with E-state index in [4.69, 9.17) is 9.47 Å². The van der Waals surface area contributed by atoms with Crippen LogP contribution in [-0.2, 0) is 4.74 Å². The molecule has 3 rings (SSSR count). The number of carbonyl (C=O) groups excluding carboxylic acids is 1. The molecule has 2 aliphatic rings. The molecule has 0 heterocycles. The van der Waals surface area contributed by atoms with Crippen LogP contribution in [0.3, 0.4) is 0 Å². The maximum Gasteiger partial charge on any atom is 0.341 e. The lowest BCUT2D eigenvalue weighted by Gasteiger charge is -2.23. The van der Waals surface area contributed by atoms with E-state index in [1.807, 2.05) is 13.8 Å². The lowest BCUT2D eigenvalue weighted by atomic mass is 9.89. The van der Waals surface area contributed by atoms with Crippen molar-refractivity contribution in [2.45, 2.75) is 77.7 Å². The molecule has 0 N–H and O–H groups in total. The van der Waals surface area contributed by atoms with Crippen molar-refractivity contribution in [2.75, 3.05) is 6.61 Å². The molecule has 156 valence electrons. The molecule has 2 unspecified atom stereocenters. The van der Waals surface area contributed by atoms with E-state index in [9.17, 15) is 18.0 Å². The minimum atomic E-state index is -2.71. The Morgan fingerprint density at radius 1 is 1.25 bits per heavy atom. The van der Waals surface area contributed by atoms with Gasteiger partial charge in [0.05, 0.1) is 11.0 Å². The Labute approximate surface area is 164 Å². The predicted octanol–water partition coefficient (Wildman–Crippen LogP) is 6.11. The van der Waals surface area contributed by atoms with Gasteiger partial charge in [-0.1, -0.05) is 26.7 Å². The van der Waals surface area contributed by atoms with Crippen LogP contribution in [-0.4, -0.2) is 24.1 Å². The molecule has 2 atom stereocenters. The number of hydrogen-bond acceptors (Lipinski definition) is 3. The van der Waals surface area contributed by atoms with E-state index < -0.39 is 34.6 Å². The first-order valence-electron chi connectivity index (χ1n) is 9.96. The first-order valence-corrected chi connectivity index (χ1v) is 9.96. The number of hydrogen-bond donors (Lipinski definition) is 0. The number of alkyl halides is 2. The second kappa shape index (κ2) is 6.96. The van der Waals surface area contributed by atoms with E-state index >= 15 is 0 Å². The van der Waals surface area contributed by atoms with Crippen LogP contribution in [0.4, 0.5) is 13.2 Å². The summed E-state index contributed by atoms with van der Waals surface area (Å²) < 4.78 is 54.3. The molecule has 0 bridgehead atoms. The predicted molar refractivity (Wildman–Crippen MR) is 100 cm³/mol. The topological polar surface area (TPSA) is 35.5 Å². The maximum atomic E-state index is 14.6. The molecule has 0 radical (unpaired) electrons. The van der Waals surface area contributed by atoms with Gasteiger partial charge in [-0.3, -0.25) is 0 Å². The molecule has 0 aromatic heterocycles. The summed E-state index contributed by atoms with van der Waals surface area (Å²) in [6.07, 6.45) is 2.52. The largest absolute Gasteiger partial charge is 0.492 e. The van der Waals surface area contributed by atoms with Crippen LogP contribution in [0.5, 0.6) is 5.75 Å². The van der Waals surface area contributed by atoms with Gasteiger partial charge in [0.2, 0.25) is 0 Å². The van der Waals surface area contributed by atoms with Gasteiger partial charge in [-0.2, -0.15) is 0 Å². The van der Waals surface area contributed by atoms with Crippen molar-refractivity contribution in [3.8, 4) is 5.75 Å². The average molecular weight is 398 g/mol. The number of benzene rings is 1. The number of fused-ring (bicyclic) bond motifs is 1. The van der Waals surface area contributed by atoms with E-state index in [-0.39, 0.29) is 23.8 Å². The summed E-state index contributed by atoms with van der Waals surface area (Å²) >= 11 is 0. The molecule has 2 fully saturated rings. The molecule has 0 spiro atoms. The normalized spacial score (nSPS) is 26.0. The van der Waals surface area contributed by atoms with Gasteiger partial charge in [0, 0.05) is 12.0 Å². The summed E-state index contributed by atoms with van der Waals surface area (Å²) in [5.74, 6) is -4.72. The number of ether oxygens (including phenoxy) is 2. The molecule has 2 saturated carbocycles. The van der Waals surface area contributed by atoms with Crippen molar-refractivity contribution in [2.24, 2.45) is 11.3 Å². The van der Waals surface area contributed by atoms with E-state index in [0.717, 1.165) is 18.9 Å². The second-order valence-electron chi connectivity index (χ2n) is 9.39. The highest BCUT2D eigenvalue weighted by Gasteiger charge is 2.80. The lowest BCUT2D eigenvalue weighted by Crippen LogP contribution is -2.25. The highest BCUT2D eigenvalue weighted by atomic mass is 19.3. The van der Waals surface area contributed by atoms with Crippen LogP contribution in [0.1, 0.15) is 82.1 Å². The van der Waals surface area contributed by atoms with E-state index in [1.165, 1.54) is 6.07 Å². The van der Waals surface area contributed by atoms with Crippen LogP contribution < -0.4 is 4.74 Å². The number of carbonyl (C=O) groups is 1. The van der Waals surface area contributed by atoms with Gasteiger partial charge in [0.25, 0.3) is 5.92 Å². The molecule has 1 aromatic rings. The van der Waals surface area contributed by atoms with E-state index in [1.54, 1.807) is 20.8 Å². The molecule has 2 aliphatic carbocycles. The van der Waals surface area contributed by atoms with Crippen molar-refractivity contribution in [1.29, 1.82) is 0 Å². The lowest BCUT2D eigenvalue weighted by molar-refractivity contribution is 0.00645. The SMILES string of the molecule is CC(C)c1cc(C(=O)OC(C)(C)C)c(F)cc1OCC12CCCCC1C2(F)F. The van der Waals surface area contributed by atoms with Gasteiger partial charge in [-0.15, -0.1) is 0 Å². The highest BCUT2D eigenvalue weighted by Crippen LogP contribution is 2.72. The van der Waals surface area contributed by atoms with Gasteiger partial charge in [-0.05, 0) is 51.2 Å². The summed E-state index contributed by atoms with van der Waals surface area (Å²) in [6, 6.07) is 2.55. The van der Waals surface area contributed by atoms with Gasteiger partial charge < -0.3 is 9.47 Å². The summed E-state index contributed by atoms with van der Waals surface area (Å²) in [5.41, 5.74) is -1.44. The molecule has 1 aromatic carbocycles. The van der Waals surface area contributed by atoms with Crippen molar-refractivity contribution in [1.82, 2.24) is 0 Å². The first kappa shape index (κ1) is 21.0. The summed E-state index contributed by atoms with van der Waals surface area (Å²) in [7, 11) is 0.